The van der Waals surface area contributed by atoms with Gasteiger partial charge in [-0.25, -0.2) is 15.1 Å². The zero-order valence-electron chi connectivity index (χ0n) is 19.7. The molecule has 2 aliphatic rings. The molecule has 4 N–H and O–H groups in total. The Kier molecular flexibility index (Phi) is 7.48. The fourth-order valence-corrected chi connectivity index (χ4v) is 6.29. The fraction of sp³-hybridized carbons (Fsp3) is 0.375. The predicted octanol–water partition coefficient (Wildman–Crippen LogP) is 2.76. The lowest BCUT2D eigenvalue weighted by Gasteiger charge is -2.18. The molecule has 3 heterocycles. The van der Waals surface area contributed by atoms with Crippen LogP contribution in [0, 0.1) is 5.92 Å². The van der Waals surface area contributed by atoms with Crippen molar-refractivity contribution >= 4 is 50.5 Å². The average Bonchev–Trinajstić information content (AvgIpc) is 3.57. The van der Waals surface area contributed by atoms with Gasteiger partial charge in [-0.15, -0.1) is 11.3 Å². The van der Waals surface area contributed by atoms with Crippen LogP contribution in [-0.2, 0) is 27.5 Å². The number of ketones is 1. The summed E-state index contributed by atoms with van der Waals surface area (Å²) in [5.41, 5.74) is 3.75. The standard InChI is InChI=1S/C24H26ClN5O5S2/c25-17-2-1-15-3-4-30(20(15)7-17)10-14-5-22(36-12-14)23(32)19-9-27-13-28-24(19)29-18-6-16(21(31)8-18)11-35-37(26,33)34/h1-2,5,7,9,12-13,16,18,21,31H,3-4,6,8,10-11H2,(H2,26,33,34)(H,27,28,29)/t16-,18-,21+/m1/s1. The second kappa shape index (κ2) is 10.6. The van der Waals surface area contributed by atoms with Crippen LogP contribution in [-0.4, -0.2) is 54.6 Å². The molecule has 1 aliphatic carbocycles. The van der Waals surface area contributed by atoms with Crippen LogP contribution < -0.4 is 15.4 Å². The maximum absolute atomic E-state index is 13.4. The van der Waals surface area contributed by atoms with Gasteiger partial charge in [-0.1, -0.05) is 17.7 Å². The summed E-state index contributed by atoms with van der Waals surface area (Å²) in [6.45, 7) is 1.36. The number of hydrogen-bond donors (Lipinski definition) is 3. The van der Waals surface area contributed by atoms with E-state index in [0.29, 0.717) is 40.7 Å². The van der Waals surface area contributed by atoms with Gasteiger partial charge in [0.1, 0.15) is 12.1 Å². The Balaban J connectivity index is 1.26. The molecule has 2 aromatic heterocycles. The lowest BCUT2D eigenvalue weighted by Crippen LogP contribution is -2.24. The first-order valence-electron chi connectivity index (χ1n) is 11.7. The number of carbonyl (C=O) groups is 1. The minimum absolute atomic E-state index is 0.197. The number of anilines is 2. The third-order valence-corrected chi connectivity index (χ3v) is 8.37. The monoisotopic (exact) mass is 563 g/mol. The number of benzene rings is 1. The molecule has 5 rings (SSSR count). The minimum atomic E-state index is -4.09. The number of nitrogens with zero attached hydrogens (tertiary/aromatic N) is 3. The van der Waals surface area contributed by atoms with Gasteiger partial charge in [0, 0.05) is 42.0 Å². The SMILES string of the molecule is NS(=O)(=O)OC[C@H]1C[C@@H](Nc2ncncc2C(=O)c2cc(CN3CCc4ccc(Cl)cc43)cs2)C[C@@H]1O. The molecule has 37 heavy (non-hydrogen) atoms. The maximum Gasteiger partial charge on any atom is 0.333 e. The lowest BCUT2D eigenvalue weighted by atomic mass is 10.1. The zero-order chi connectivity index (χ0) is 26.2. The number of fused-ring (bicyclic) bond motifs is 1. The minimum Gasteiger partial charge on any atom is -0.393 e. The highest BCUT2D eigenvalue weighted by Crippen LogP contribution is 2.33. The van der Waals surface area contributed by atoms with Crippen LogP contribution in [0.2, 0.25) is 5.02 Å². The quantitative estimate of drug-likeness (QED) is 0.334. The smallest absolute Gasteiger partial charge is 0.333 e. The molecule has 0 radical (unpaired) electrons. The van der Waals surface area contributed by atoms with Crippen LogP contribution in [0.4, 0.5) is 11.5 Å². The van der Waals surface area contributed by atoms with Gasteiger partial charge >= 0.3 is 10.3 Å². The molecule has 196 valence electrons. The second-order valence-electron chi connectivity index (χ2n) is 9.30. The number of thiophene rings is 1. The lowest BCUT2D eigenvalue weighted by molar-refractivity contribution is 0.101. The summed E-state index contributed by atoms with van der Waals surface area (Å²) < 4.78 is 26.8. The number of aliphatic hydroxyl groups excluding tert-OH is 1. The first-order valence-corrected chi connectivity index (χ1v) is 14.5. The number of aromatic nitrogens is 2. The van der Waals surface area contributed by atoms with Gasteiger partial charge in [-0.2, -0.15) is 8.42 Å². The third-order valence-electron chi connectivity index (χ3n) is 6.69. The van der Waals surface area contributed by atoms with E-state index in [9.17, 15) is 18.3 Å². The van der Waals surface area contributed by atoms with Crippen molar-refractivity contribution in [3.63, 3.8) is 0 Å². The molecule has 1 aliphatic heterocycles. The molecule has 0 bridgehead atoms. The largest absolute Gasteiger partial charge is 0.393 e. The van der Waals surface area contributed by atoms with Gasteiger partial charge in [0.15, 0.2) is 0 Å². The Bertz CT molecular complexity index is 1420. The topological polar surface area (TPSA) is 148 Å². The average molecular weight is 564 g/mol. The summed E-state index contributed by atoms with van der Waals surface area (Å²) >= 11 is 7.56. The van der Waals surface area contributed by atoms with E-state index >= 15 is 0 Å². The van der Waals surface area contributed by atoms with Gasteiger partial charge in [-0.3, -0.25) is 8.98 Å². The zero-order valence-corrected chi connectivity index (χ0v) is 22.1. The highest BCUT2D eigenvalue weighted by Gasteiger charge is 2.35. The van der Waals surface area contributed by atoms with Crippen LogP contribution in [0.5, 0.6) is 0 Å². The first-order chi connectivity index (χ1) is 17.7. The van der Waals surface area contributed by atoms with E-state index in [-0.39, 0.29) is 18.4 Å². The normalized spacial score (nSPS) is 21.3. The van der Waals surface area contributed by atoms with E-state index in [0.717, 1.165) is 24.2 Å². The van der Waals surface area contributed by atoms with Crippen molar-refractivity contribution in [2.24, 2.45) is 11.1 Å². The Hall–Kier alpha value is -2.61. The first kappa shape index (κ1) is 26.0. The van der Waals surface area contributed by atoms with Crippen molar-refractivity contribution in [3.8, 4) is 0 Å². The highest BCUT2D eigenvalue weighted by atomic mass is 35.5. The number of nitrogens with one attached hydrogen (secondary N) is 1. The van der Waals surface area contributed by atoms with Crippen molar-refractivity contribution in [1.82, 2.24) is 9.97 Å². The van der Waals surface area contributed by atoms with Gasteiger partial charge in [0.05, 0.1) is 23.2 Å². The van der Waals surface area contributed by atoms with E-state index in [2.05, 4.69) is 30.4 Å². The highest BCUT2D eigenvalue weighted by molar-refractivity contribution is 7.84. The molecule has 0 unspecified atom stereocenters. The van der Waals surface area contributed by atoms with Gasteiger partial charge in [0.25, 0.3) is 0 Å². The van der Waals surface area contributed by atoms with Crippen molar-refractivity contribution < 1.29 is 22.5 Å². The molecule has 3 atom stereocenters. The van der Waals surface area contributed by atoms with Crippen molar-refractivity contribution in [2.75, 3.05) is 23.4 Å². The van der Waals surface area contributed by atoms with Gasteiger partial charge in [0.2, 0.25) is 5.78 Å². The summed E-state index contributed by atoms with van der Waals surface area (Å²) in [6, 6.07) is 7.61. The molecule has 13 heteroatoms. The van der Waals surface area contributed by atoms with Crippen molar-refractivity contribution in [1.29, 1.82) is 0 Å². The maximum atomic E-state index is 13.4. The predicted molar refractivity (Wildman–Crippen MR) is 141 cm³/mol. The van der Waals surface area contributed by atoms with Crippen LogP contribution in [0.15, 0.2) is 42.2 Å². The molecule has 0 saturated heterocycles. The molecule has 1 fully saturated rings. The number of aliphatic hydroxyl groups is 1. The van der Waals surface area contributed by atoms with Crippen molar-refractivity contribution in [2.45, 2.75) is 38.0 Å². The van der Waals surface area contributed by atoms with E-state index in [4.69, 9.17) is 16.7 Å². The summed E-state index contributed by atoms with van der Waals surface area (Å²) in [4.78, 5) is 24.5. The third kappa shape index (κ3) is 6.11. The van der Waals surface area contributed by atoms with Crippen LogP contribution in [0.1, 0.15) is 39.2 Å². The van der Waals surface area contributed by atoms with Crippen molar-refractivity contribution in [3.05, 3.63) is 68.8 Å². The molecular weight excluding hydrogens is 538 g/mol. The molecule has 1 saturated carbocycles. The molecule has 1 aromatic carbocycles. The van der Waals surface area contributed by atoms with Gasteiger partial charge in [-0.05, 0) is 54.0 Å². The van der Waals surface area contributed by atoms with Gasteiger partial charge < -0.3 is 15.3 Å². The van der Waals surface area contributed by atoms with Crippen LogP contribution in [0.3, 0.4) is 0 Å². The Morgan fingerprint density at radius 1 is 1.32 bits per heavy atom. The summed E-state index contributed by atoms with van der Waals surface area (Å²) in [7, 11) is -4.09. The van der Waals surface area contributed by atoms with E-state index < -0.39 is 22.3 Å². The number of nitrogens with two attached hydrogens (primary N) is 1. The number of halogens is 1. The summed E-state index contributed by atoms with van der Waals surface area (Å²) in [5.74, 6) is -0.248. The Morgan fingerprint density at radius 3 is 2.97 bits per heavy atom. The van der Waals surface area contributed by atoms with Crippen LogP contribution >= 0.6 is 22.9 Å². The van der Waals surface area contributed by atoms with E-state index in [1.807, 2.05) is 23.6 Å². The number of rotatable bonds is 9. The molecule has 0 amide bonds. The molecule has 10 nitrogen and oxygen atoms in total. The fourth-order valence-electron chi connectivity index (χ4n) is 4.90. The number of hydrogen-bond acceptors (Lipinski definition) is 10. The Morgan fingerprint density at radius 2 is 2.16 bits per heavy atom. The van der Waals surface area contributed by atoms with E-state index in [1.165, 1.54) is 29.4 Å². The molecule has 0 spiro atoms. The second-order valence-corrected chi connectivity index (χ2v) is 11.9. The van der Waals surface area contributed by atoms with Crippen LogP contribution in [0.25, 0.3) is 0 Å². The summed E-state index contributed by atoms with van der Waals surface area (Å²) in [6.07, 6.45) is 3.79. The Labute approximate surface area is 223 Å². The molecular formula is C24H26ClN5O5S2. The summed E-state index contributed by atoms with van der Waals surface area (Å²) in [5, 5.41) is 21.1. The number of carbonyl (C=O) groups excluding carboxylic acids is 1. The van der Waals surface area contributed by atoms with E-state index in [1.54, 1.807) is 0 Å². The molecule has 3 aromatic rings.